The molecule has 0 aromatic rings. The molecular weight excluding hydrogens is 206 g/mol. The molecule has 1 amide bonds. The van der Waals surface area contributed by atoms with Crippen molar-refractivity contribution in [1.29, 1.82) is 0 Å². The number of nitrogens with one attached hydrogen (secondary N) is 1. The number of hydrogen-bond donors (Lipinski definition) is 4. The van der Waals surface area contributed by atoms with Crippen LogP contribution in [0.1, 0.15) is 6.92 Å². The van der Waals surface area contributed by atoms with Crippen molar-refractivity contribution in [2.45, 2.75) is 19.1 Å². The Balaban J connectivity index is 2.88. The van der Waals surface area contributed by atoms with E-state index in [0.717, 1.165) is 6.92 Å². The summed E-state index contributed by atoms with van der Waals surface area (Å²) in [5.74, 6) is -2.08. The van der Waals surface area contributed by atoms with Crippen molar-refractivity contribution in [1.82, 2.24) is 5.32 Å². The van der Waals surface area contributed by atoms with Gasteiger partial charge in [0.2, 0.25) is 5.91 Å². The quantitative estimate of drug-likeness (QED) is 0.413. The summed E-state index contributed by atoms with van der Waals surface area (Å²) in [6.45, 7) is 0.485. The highest BCUT2D eigenvalue weighted by molar-refractivity contribution is 5.95. The Hall–Kier alpha value is -1.60. The molecule has 0 aliphatic carbocycles. The summed E-state index contributed by atoms with van der Waals surface area (Å²) in [6, 6.07) is 0. The highest BCUT2D eigenvalue weighted by Gasteiger charge is 2.39. The maximum absolute atomic E-state index is 11.1. The number of carbonyl (C=O) groups is 2. The van der Waals surface area contributed by atoms with Crippen LogP contribution < -0.4 is 5.32 Å². The van der Waals surface area contributed by atoms with Gasteiger partial charge in [0.15, 0.2) is 17.6 Å². The van der Waals surface area contributed by atoms with Crippen LogP contribution in [0.4, 0.5) is 0 Å². The standard InChI is InChI=1S/C8H11NO6/c1-3(11)9-5-6(13)7(4(12)2-10)15-8(5)14/h4,7,10,12-13H,2H2,1H3,(H,9,11)/t4-,7+/m0/s1. The van der Waals surface area contributed by atoms with Gasteiger partial charge in [-0.1, -0.05) is 0 Å². The average molecular weight is 217 g/mol. The van der Waals surface area contributed by atoms with Gasteiger partial charge in [-0.3, -0.25) is 4.79 Å². The lowest BCUT2D eigenvalue weighted by atomic mass is 10.2. The molecule has 1 rings (SSSR count). The average Bonchev–Trinajstić information content (AvgIpc) is 2.44. The Bertz CT molecular complexity index is 323. The van der Waals surface area contributed by atoms with E-state index >= 15 is 0 Å². The van der Waals surface area contributed by atoms with Gasteiger partial charge in [-0.25, -0.2) is 4.79 Å². The number of amides is 1. The van der Waals surface area contributed by atoms with Crippen molar-refractivity contribution in [3.05, 3.63) is 11.5 Å². The number of esters is 1. The topological polar surface area (TPSA) is 116 Å². The van der Waals surface area contributed by atoms with Crippen molar-refractivity contribution in [2.75, 3.05) is 6.61 Å². The Labute approximate surface area is 85.0 Å². The molecular formula is C8H11NO6. The fourth-order valence-corrected chi connectivity index (χ4v) is 1.12. The molecule has 84 valence electrons. The molecule has 4 N–H and O–H groups in total. The van der Waals surface area contributed by atoms with Crippen LogP contribution in [0.5, 0.6) is 0 Å². The zero-order chi connectivity index (χ0) is 11.6. The number of carbonyl (C=O) groups excluding carboxylic acids is 2. The second kappa shape index (κ2) is 4.28. The molecule has 0 saturated heterocycles. The molecule has 15 heavy (non-hydrogen) atoms. The number of aliphatic hydroxyl groups excluding tert-OH is 3. The van der Waals surface area contributed by atoms with Crippen molar-refractivity contribution < 1.29 is 29.6 Å². The number of aliphatic hydroxyl groups is 3. The summed E-state index contributed by atoms with van der Waals surface area (Å²) >= 11 is 0. The zero-order valence-electron chi connectivity index (χ0n) is 7.93. The number of hydrogen-bond acceptors (Lipinski definition) is 6. The molecule has 7 nitrogen and oxygen atoms in total. The van der Waals surface area contributed by atoms with E-state index in [-0.39, 0.29) is 0 Å². The SMILES string of the molecule is CC(=O)NC1=C(O)[C@@H]([C@@H](O)CO)OC1=O. The van der Waals surface area contributed by atoms with Crippen LogP contribution in [0.3, 0.4) is 0 Å². The van der Waals surface area contributed by atoms with E-state index in [1.165, 1.54) is 0 Å². The normalized spacial score (nSPS) is 22.6. The predicted octanol–water partition coefficient (Wildman–Crippen LogP) is -1.83. The molecule has 0 fully saturated rings. The Kier molecular flexibility index (Phi) is 3.28. The van der Waals surface area contributed by atoms with Crippen LogP contribution in [0.15, 0.2) is 11.5 Å². The molecule has 2 atom stereocenters. The van der Waals surface area contributed by atoms with Crippen molar-refractivity contribution >= 4 is 11.9 Å². The molecule has 0 spiro atoms. The molecule has 0 unspecified atom stereocenters. The molecule has 7 heteroatoms. The van der Waals surface area contributed by atoms with E-state index in [9.17, 15) is 14.7 Å². The summed E-state index contributed by atoms with van der Waals surface area (Å²) in [5, 5.41) is 29.3. The van der Waals surface area contributed by atoms with E-state index in [1.807, 2.05) is 0 Å². The lowest BCUT2D eigenvalue weighted by Gasteiger charge is -2.14. The lowest BCUT2D eigenvalue weighted by molar-refractivity contribution is -0.146. The predicted molar refractivity (Wildman–Crippen MR) is 46.4 cm³/mol. The summed E-state index contributed by atoms with van der Waals surface area (Å²) in [6.07, 6.45) is -2.75. The van der Waals surface area contributed by atoms with Crippen molar-refractivity contribution in [2.24, 2.45) is 0 Å². The van der Waals surface area contributed by atoms with Crippen molar-refractivity contribution in [3.63, 3.8) is 0 Å². The van der Waals surface area contributed by atoms with Gasteiger partial charge in [-0.05, 0) is 0 Å². The smallest absolute Gasteiger partial charge is 0.359 e. The van der Waals surface area contributed by atoms with E-state index in [0.29, 0.717) is 0 Å². The van der Waals surface area contributed by atoms with Gasteiger partial charge in [0.05, 0.1) is 6.61 Å². The van der Waals surface area contributed by atoms with Crippen LogP contribution in [0.25, 0.3) is 0 Å². The minimum absolute atomic E-state index is 0.403. The third kappa shape index (κ3) is 2.25. The first kappa shape index (κ1) is 11.5. The Morgan fingerprint density at radius 3 is 2.73 bits per heavy atom. The van der Waals surface area contributed by atoms with Crippen LogP contribution in [0, 0.1) is 0 Å². The van der Waals surface area contributed by atoms with Gasteiger partial charge >= 0.3 is 5.97 Å². The van der Waals surface area contributed by atoms with Gasteiger partial charge in [-0.15, -0.1) is 0 Å². The minimum atomic E-state index is -1.42. The van der Waals surface area contributed by atoms with E-state index in [1.54, 1.807) is 0 Å². The molecule has 0 radical (unpaired) electrons. The summed E-state index contributed by atoms with van der Waals surface area (Å²) < 4.78 is 4.55. The molecule has 0 aromatic heterocycles. The zero-order valence-corrected chi connectivity index (χ0v) is 7.93. The molecule has 0 saturated carbocycles. The maximum Gasteiger partial charge on any atom is 0.359 e. The van der Waals surface area contributed by atoms with Gasteiger partial charge in [0.1, 0.15) is 6.10 Å². The summed E-state index contributed by atoms with van der Waals surface area (Å²) in [7, 11) is 0. The van der Waals surface area contributed by atoms with Gasteiger partial charge in [-0.2, -0.15) is 0 Å². The Morgan fingerprint density at radius 2 is 2.27 bits per heavy atom. The van der Waals surface area contributed by atoms with Gasteiger partial charge in [0.25, 0.3) is 0 Å². The number of rotatable bonds is 3. The second-order valence-electron chi connectivity index (χ2n) is 3.02. The highest BCUT2D eigenvalue weighted by Crippen LogP contribution is 2.21. The molecule has 0 aromatic carbocycles. The fraction of sp³-hybridized carbons (Fsp3) is 0.500. The van der Waals surface area contributed by atoms with Crippen LogP contribution in [-0.4, -0.2) is 46.0 Å². The third-order valence-electron chi connectivity index (χ3n) is 1.80. The molecule has 1 aliphatic rings. The van der Waals surface area contributed by atoms with Crippen molar-refractivity contribution in [3.8, 4) is 0 Å². The van der Waals surface area contributed by atoms with E-state index in [4.69, 9.17) is 10.2 Å². The molecule has 0 bridgehead atoms. The minimum Gasteiger partial charge on any atom is -0.506 e. The lowest BCUT2D eigenvalue weighted by Crippen LogP contribution is -2.31. The third-order valence-corrected chi connectivity index (χ3v) is 1.80. The molecule has 1 heterocycles. The van der Waals surface area contributed by atoms with Crippen LogP contribution in [-0.2, 0) is 14.3 Å². The van der Waals surface area contributed by atoms with E-state index < -0.39 is 42.1 Å². The summed E-state index contributed by atoms with van der Waals surface area (Å²) in [5.41, 5.74) is -0.403. The number of ether oxygens (including phenoxy) is 1. The second-order valence-corrected chi connectivity index (χ2v) is 3.02. The largest absolute Gasteiger partial charge is 0.506 e. The first-order chi connectivity index (χ1) is 6.97. The summed E-state index contributed by atoms with van der Waals surface area (Å²) in [4.78, 5) is 21.8. The molecule has 1 aliphatic heterocycles. The maximum atomic E-state index is 11.1. The van der Waals surface area contributed by atoms with E-state index in [2.05, 4.69) is 10.1 Å². The van der Waals surface area contributed by atoms with Gasteiger partial charge in [0, 0.05) is 6.92 Å². The Morgan fingerprint density at radius 1 is 1.67 bits per heavy atom. The van der Waals surface area contributed by atoms with Crippen LogP contribution in [0.2, 0.25) is 0 Å². The van der Waals surface area contributed by atoms with Crippen LogP contribution >= 0.6 is 0 Å². The fourth-order valence-electron chi connectivity index (χ4n) is 1.12. The first-order valence-electron chi connectivity index (χ1n) is 4.18. The highest BCUT2D eigenvalue weighted by atomic mass is 16.6. The first-order valence-corrected chi connectivity index (χ1v) is 4.18. The number of cyclic esters (lactones) is 1. The van der Waals surface area contributed by atoms with Gasteiger partial charge < -0.3 is 25.4 Å². The monoisotopic (exact) mass is 217 g/mol.